The van der Waals surface area contributed by atoms with Crippen molar-refractivity contribution in [1.29, 1.82) is 0 Å². The zero-order valence-electron chi connectivity index (χ0n) is 8.15. The molecule has 0 aromatic carbocycles. The molecule has 0 radical (unpaired) electrons. The lowest BCUT2D eigenvalue weighted by atomic mass is 10.00. The van der Waals surface area contributed by atoms with E-state index >= 15 is 0 Å². The average molecular weight is 367 g/mol. The molecule has 0 amide bonds. The van der Waals surface area contributed by atoms with Crippen LogP contribution in [0, 0.1) is 0 Å². The molecular formula is C6H2Cl3F9O. The SMILES string of the molecule is FC(F)(F)CC(OC(F)(F)F)(C(F)(F)F)C(Cl)(Cl)Cl. The van der Waals surface area contributed by atoms with E-state index in [0.717, 1.165) is 0 Å². The van der Waals surface area contributed by atoms with Gasteiger partial charge in [0.05, 0.1) is 6.42 Å². The van der Waals surface area contributed by atoms with Crippen molar-refractivity contribution < 1.29 is 44.3 Å². The molecule has 0 aliphatic heterocycles. The summed E-state index contributed by atoms with van der Waals surface area (Å²) in [6.07, 6.45) is -21.3. The molecule has 0 saturated heterocycles. The maximum atomic E-state index is 12.6. The van der Waals surface area contributed by atoms with Crippen LogP contribution in [0.1, 0.15) is 6.42 Å². The summed E-state index contributed by atoms with van der Waals surface area (Å²) in [5.41, 5.74) is -5.11. The third-order valence-corrected chi connectivity index (χ3v) is 2.57. The number of rotatable bonds is 2. The van der Waals surface area contributed by atoms with Gasteiger partial charge < -0.3 is 0 Å². The highest BCUT2D eigenvalue weighted by atomic mass is 35.6. The van der Waals surface area contributed by atoms with Crippen LogP contribution in [0.15, 0.2) is 0 Å². The van der Waals surface area contributed by atoms with Crippen LogP contribution >= 0.6 is 34.8 Å². The molecule has 0 rings (SSSR count). The Bertz CT molecular complexity index is 280. The molecule has 0 aliphatic carbocycles. The lowest BCUT2D eigenvalue weighted by Crippen LogP contribution is -2.61. The zero-order valence-corrected chi connectivity index (χ0v) is 10.4. The van der Waals surface area contributed by atoms with Crippen LogP contribution in [0.25, 0.3) is 0 Å². The zero-order chi connectivity index (χ0) is 15.9. The number of halogens is 12. The number of alkyl halides is 12. The van der Waals surface area contributed by atoms with Crippen molar-refractivity contribution >= 4 is 34.8 Å². The number of ether oxygens (including phenoxy) is 1. The predicted octanol–water partition coefficient (Wildman–Crippen LogP) is 5.15. The monoisotopic (exact) mass is 366 g/mol. The third kappa shape index (κ3) is 5.24. The lowest BCUT2D eigenvalue weighted by molar-refractivity contribution is -0.424. The Labute approximate surface area is 114 Å². The van der Waals surface area contributed by atoms with Gasteiger partial charge in [0, 0.05) is 0 Å². The highest BCUT2D eigenvalue weighted by Crippen LogP contribution is 2.56. The highest BCUT2D eigenvalue weighted by molar-refractivity contribution is 6.68. The van der Waals surface area contributed by atoms with Crippen molar-refractivity contribution in [1.82, 2.24) is 0 Å². The molecule has 0 spiro atoms. The fourth-order valence-electron chi connectivity index (χ4n) is 0.993. The minimum atomic E-state index is -6.25. The van der Waals surface area contributed by atoms with Gasteiger partial charge in [-0.25, -0.2) is 0 Å². The molecular weight excluding hydrogens is 365 g/mol. The summed E-state index contributed by atoms with van der Waals surface area (Å²) < 4.78 is 108. The van der Waals surface area contributed by atoms with Crippen molar-refractivity contribution in [3.8, 4) is 0 Å². The molecule has 0 heterocycles. The molecule has 1 atom stereocenters. The Hall–Kier alpha value is 0.200. The maximum absolute atomic E-state index is 12.6. The summed E-state index contributed by atoms with van der Waals surface area (Å²) in [6, 6.07) is 0. The maximum Gasteiger partial charge on any atom is 0.523 e. The van der Waals surface area contributed by atoms with Crippen molar-refractivity contribution in [3.63, 3.8) is 0 Å². The van der Waals surface area contributed by atoms with Crippen molar-refractivity contribution in [2.24, 2.45) is 0 Å². The summed E-state index contributed by atoms with van der Waals surface area (Å²) in [5, 5.41) is 0. The van der Waals surface area contributed by atoms with E-state index in [1.165, 1.54) is 0 Å². The van der Waals surface area contributed by atoms with Crippen LogP contribution in [-0.4, -0.2) is 28.1 Å². The number of hydrogen-bond acceptors (Lipinski definition) is 1. The fourth-order valence-corrected chi connectivity index (χ4v) is 1.63. The molecule has 13 heteroatoms. The number of hydrogen-bond donors (Lipinski definition) is 0. The van der Waals surface area contributed by atoms with Crippen LogP contribution in [0.4, 0.5) is 39.5 Å². The molecule has 0 aromatic heterocycles. The van der Waals surface area contributed by atoms with Gasteiger partial charge in [0.1, 0.15) is 0 Å². The van der Waals surface area contributed by atoms with Crippen LogP contribution < -0.4 is 0 Å². The van der Waals surface area contributed by atoms with E-state index in [9.17, 15) is 39.5 Å². The molecule has 116 valence electrons. The normalized spacial score (nSPS) is 18.3. The Kier molecular flexibility index (Phi) is 5.25. The van der Waals surface area contributed by atoms with Gasteiger partial charge in [0.15, 0.2) is 0 Å². The summed E-state index contributed by atoms with van der Waals surface area (Å²) in [6.45, 7) is 0. The Morgan fingerprint density at radius 3 is 1.26 bits per heavy atom. The molecule has 0 N–H and O–H groups in total. The van der Waals surface area contributed by atoms with Gasteiger partial charge in [-0.2, -0.15) is 26.3 Å². The summed E-state index contributed by atoms with van der Waals surface area (Å²) in [5.74, 6) is 0. The second-order valence-corrected chi connectivity index (χ2v) is 5.44. The molecule has 1 unspecified atom stereocenters. The third-order valence-electron chi connectivity index (χ3n) is 1.66. The molecule has 19 heavy (non-hydrogen) atoms. The van der Waals surface area contributed by atoms with Gasteiger partial charge in [-0.05, 0) is 0 Å². The molecule has 0 saturated carbocycles. The molecule has 0 aliphatic rings. The largest absolute Gasteiger partial charge is 0.523 e. The van der Waals surface area contributed by atoms with Gasteiger partial charge in [-0.15, -0.1) is 13.2 Å². The Balaban J connectivity index is 5.91. The van der Waals surface area contributed by atoms with E-state index in [0.29, 0.717) is 0 Å². The van der Waals surface area contributed by atoms with E-state index in [2.05, 4.69) is 39.5 Å². The quantitative estimate of drug-likeness (QED) is 0.485. The van der Waals surface area contributed by atoms with E-state index in [1.807, 2.05) is 0 Å². The summed E-state index contributed by atoms with van der Waals surface area (Å²) in [7, 11) is 0. The van der Waals surface area contributed by atoms with Crippen LogP contribution in [0.3, 0.4) is 0 Å². The van der Waals surface area contributed by atoms with Crippen molar-refractivity contribution in [3.05, 3.63) is 0 Å². The first-order valence-electron chi connectivity index (χ1n) is 3.88. The summed E-state index contributed by atoms with van der Waals surface area (Å²) in [4.78, 5) is 0. The van der Waals surface area contributed by atoms with E-state index in [1.54, 1.807) is 0 Å². The van der Waals surface area contributed by atoms with Crippen LogP contribution in [0.2, 0.25) is 0 Å². The van der Waals surface area contributed by atoms with E-state index in [4.69, 9.17) is 0 Å². The molecule has 1 nitrogen and oxygen atoms in total. The van der Waals surface area contributed by atoms with Crippen LogP contribution in [0.5, 0.6) is 0 Å². The Morgan fingerprint density at radius 1 is 0.737 bits per heavy atom. The van der Waals surface area contributed by atoms with Gasteiger partial charge in [0.2, 0.25) is 9.39 Å². The van der Waals surface area contributed by atoms with Gasteiger partial charge in [-0.1, -0.05) is 34.8 Å². The average Bonchev–Trinajstić information content (AvgIpc) is 1.91. The van der Waals surface area contributed by atoms with Gasteiger partial charge in [-0.3, -0.25) is 4.74 Å². The van der Waals surface area contributed by atoms with Crippen molar-refractivity contribution in [2.75, 3.05) is 0 Å². The minimum Gasteiger partial charge on any atom is -0.271 e. The smallest absolute Gasteiger partial charge is 0.271 e. The first kappa shape index (κ1) is 19.2. The Morgan fingerprint density at radius 2 is 1.11 bits per heavy atom. The summed E-state index contributed by atoms with van der Waals surface area (Å²) >= 11 is 13.9. The lowest BCUT2D eigenvalue weighted by Gasteiger charge is -2.40. The molecule has 0 fully saturated rings. The van der Waals surface area contributed by atoms with E-state index < -0.39 is 34.5 Å². The van der Waals surface area contributed by atoms with Crippen LogP contribution in [-0.2, 0) is 4.74 Å². The first-order valence-corrected chi connectivity index (χ1v) is 5.02. The predicted molar refractivity (Wildman–Crippen MR) is 46.9 cm³/mol. The first-order chi connectivity index (χ1) is 7.91. The molecule has 0 aromatic rings. The molecule has 0 bridgehead atoms. The second-order valence-electron chi connectivity index (χ2n) is 3.16. The second kappa shape index (κ2) is 5.19. The minimum absolute atomic E-state index is 2.49. The topological polar surface area (TPSA) is 9.23 Å². The van der Waals surface area contributed by atoms with Gasteiger partial charge in [0.25, 0.3) is 0 Å². The highest BCUT2D eigenvalue weighted by Gasteiger charge is 2.73. The fraction of sp³-hybridized carbons (Fsp3) is 1.00. The van der Waals surface area contributed by atoms with Crippen molar-refractivity contribution in [2.45, 2.75) is 34.5 Å². The standard InChI is InChI=1S/C6H2Cl3F9O/c7-4(8,9)2(5(13,14)15,1-3(10,11)12)19-6(16,17)18/h1H2. The van der Waals surface area contributed by atoms with E-state index in [-0.39, 0.29) is 0 Å². The van der Waals surface area contributed by atoms with Gasteiger partial charge >= 0.3 is 18.7 Å².